The van der Waals surface area contributed by atoms with E-state index in [1.807, 2.05) is 38.1 Å². The molecule has 2 aliphatic rings. The summed E-state index contributed by atoms with van der Waals surface area (Å²) >= 11 is 0. The number of carbonyl (C=O) groups excluding carboxylic acids is 4. The molecule has 0 radical (unpaired) electrons. The van der Waals surface area contributed by atoms with E-state index in [1.165, 1.54) is 6.08 Å². The van der Waals surface area contributed by atoms with Gasteiger partial charge in [0.25, 0.3) is 5.91 Å². The largest absolute Gasteiger partial charge is 0.491 e. The second-order valence-corrected chi connectivity index (χ2v) is 11.1. The van der Waals surface area contributed by atoms with E-state index in [-0.39, 0.29) is 43.3 Å². The third-order valence-corrected chi connectivity index (χ3v) is 8.08. The number of anilines is 1. The number of amides is 4. The third-order valence-electron chi connectivity index (χ3n) is 8.08. The second kappa shape index (κ2) is 15.3. The molecule has 2 aromatic carbocycles. The number of allylic oxidation sites excluding steroid dienone is 1. The quantitative estimate of drug-likeness (QED) is 0.505. The highest BCUT2D eigenvalue weighted by Crippen LogP contribution is 2.36. The van der Waals surface area contributed by atoms with Crippen molar-refractivity contribution in [2.45, 2.75) is 39.5 Å². The molecule has 0 aromatic heterocycles. The molecule has 0 atom stereocenters. The summed E-state index contributed by atoms with van der Waals surface area (Å²) in [7, 11) is 0. The molecule has 43 heavy (non-hydrogen) atoms. The van der Waals surface area contributed by atoms with Gasteiger partial charge in [-0.3, -0.25) is 24.1 Å². The van der Waals surface area contributed by atoms with Gasteiger partial charge in [-0.25, -0.2) is 0 Å². The summed E-state index contributed by atoms with van der Waals surface area (Å²) < 4.78 is 5.76. The molecule has 4 amide bonds. The number of piperidine rings is 1. The average Bonchev–Trinajstić information content (AvgIpc) is 3.00. The monoisotopic (exact) mass is 589 g/mol. The highest BCUT2D eigenvalue weighted by atomic mass is 16.5. The molecular weight excluding hydrogens is 546 g/mol. The molecule has 2 aliphatic heterocycles. The molecule has 2 heterocycles. The van der Waals surface area contributed by atoms with Gasteiger partial charge < -0.3 is 25.6 Å². The van der Waals surface area contributed by atoms with Gasteiger partial charge >= 0.3 is 0 Å². The number of nitrogens with one attached hydrogen (secondary N) is 3. The van der Waals surface area contributed by atoms with E-state index in [2.05, 4.69) is 20.9 Å². The molecule has 10 nitrogen and oxygen atoms in total. The zero-order valence-electron chi connectivity index (χ0n) is 25.2. The lowest BCUT2D eigenvalue weighted by Crippen LogP contribution is -2.51. The van der Waals surface area contributed by atoms with Gasteiger partial charge in [-0.2, -0.15) is 0 Å². The van der Waals surface area contributed by atoms with Crippen molar-refractivity contribution in [1.82, 2.24) is 20.9 Å². The van der Waals surface area contributed by atoms with Crippen LogP contribution in [0.15, 0.2) is 60.7 Å². The van der Waals surface area contributed by atoms with Crippen LogP contribution in [0.3, 0.4) is 0 Å². The molecule has 0 aliphatic carbocycles. The number of likely N-dealkylation sites (N-methyl/N-ethyl adjacent to an activating group) is 1. The Morgan fingerprint density at radius 2 is 1.74 bits per heavy atom. The molecule has 4 rings (SSSR count). The van der Waals surface area contributed by atoms with E-state index < -0.39 is 5.41 Å². The van der Waals surface area contributed by atoms with Crippen LogP contribution < -0.4 is 25.6 Å². The summed E-state index contributed by atoms with van der Waals surface area (Å²) in [6.45, 7) is 7.32. The predicted molar refractivity (Wildman–Crippen MR) is 166 cm³/mol. The molecule has 10 heteroatoms. The predicted octanol–water partition coefficient (Wildman–Crippen LogP) is 2.82. The van der Waals surface area contributed by atoms with Gasteiger partial charge in [0.1, 0.15) is 12.4 Å². The Hall–Kier alpha value is -4.18. The molecule has 1 fully saturated rings. The van der Waals surface area contributed by atoms with Crippen molar-refractivity contribution in [2.75, 3.05) is 57.3 Å². The van der Waals surface area contributed by atoms with Crippen molar-refractivity contribution in [3.8, 4) is 5.75 Å². The minimum absolute atomic E-state index is 0.0310. The van der Waals surface area contributed by atoms with E-state index in [0.717, 1.165) is 11.3 Å². The number of likely N-dealkylation sites (tertiary alicyclic amines) is 1. The lowest BCUT2D eigenvalue weighted by molar-refractivity contribution is -0.134. The van der Waals surface area contributed by atoms with Crippen molar-refractivity contribution in [2.24, 2.45) is 5.41 Å². The fourth-order valence-electron chi connectivity index (χ4n) is 5.58. The topological polar surface area (TPSA) is 120 Å². The number of hydrogen-bond acceptors (Lipinski definition) is 6. The third kappa shape index (κ3) is 8.67. The maximum atomic E-state index is 13.6. The van der Waals surface area contributed by atoms with Gasteiger partial charge in [0.2, 0.25) is 17.7 Å². The first-order chi connectivity index (χ1) is 20.8. The minimum Gasteiger partial charge on any atom is -0.491 e. The van der Waals surface area contributed by atoms with Crippen LogP contribution >= 0.6 is 0 Å². The molecular formula is C33H43N5O5. The van der Waals surface area contributed by atoms with Crippen LogP contribution in [0.25, 0.3) is 0 Å². The SMILES string of the molecule is CCN(C(=O)CN1CCC2(C/C=C/C(=O)NCCOc3ccccc3C(=O)NCCCNC2=O)CC1)c1cccc(C)c1. The van der Waals surface area contributed by atoms with E-state index in [9.17, 15) is 19.2 Å². The summed E-state index contributed by atoms with van der Waals surface area (Å²) in [5.41, 5.74) is 1.72. The molecule has 0 unspecified atom stereocenters. The number of fused-ring (bicyclic) bond motifs is 1. The van der Waals surface area contributed by atoms with Gasteiger partial charge in [-0.1, -0.05) is 30.3 Å². The smallest absolute Gasteiger partial charge is 0.255 e. The van der Waals surface area contributed by atoms with E-state index in [0.29, 0.717) is 69.7 Å². The van der Waals surface area contributed by atoms with Crippen molar-refractivity contribution in [3.63, 3.8) is 0 Å². The Morgan fingerprint density at radius 1 is 0.977 bits per heavy atom. The van der Waals surface area contributed by atoms with Crippen LogP contribution in [0.2, 0.25) is 0 Å². The lowest BCUT2D eigenvalue weighted by Gasteiger charge is -2.40. The Bertz CT molecular complexity index is 1320. The van der Waals surface area contributed by atoms with Gasteiger partial charge in [-0.15, -0.1) is 0 Å². The Kier molecular flexibility index (Phi) is 11.3. The number of aryl methyl sites for hydroxylation is 1. The summed E-state index contributed by atoms with van der Waals surface area (Å²) in [5, 5.41) is 8.74. The first kappa shape index (κ1) is 31.7. The molecule has 2 aromatic rings. The van der Waals surface area contributed by atoms with Crippen LogP contribution in [0, 0.1) is 12.3 Å². The number of ether oxygens (including phenoxy) is 1. The minimum atomic E-state index is -0.686. The van der Waals surface area contributed by atoms with Gasteiger partial charge in [-0.05, 0) is 88.5 Å². The van der Waals surface area contributed by atoms with Crippen molar-refractivity contribution < 1.29 is 23.9 Å². The van der Waals surface area contributed by atoms with E-state index in [1.54, 1.807) is 35.2 Å². The van der Waals surface area contributed by atoms with Crippen molar-refractivity contribution in [3.05, 3.63) is 71.8 Å². The number of nitrogens with zero attached hydrogens (tertiary/aromatic N) is 2. The number of hydrogen-bond donors (Lipinski definition) is 3. The van der Waals surface area contributed by atoms with Crippen LogP contribution in [0.1, 0.15) is 48.5 Å². The van der Waals surface area contributed by atoms with Crippen LogP contribution in [-0.2, 0) is 14.4 Å². The van der Waals surface area contributed by atoms with Crippen molar-refractivity contribution >= 4 is 29.3 Å². The first-order valence-electron chi connectivity index (χ1n) is 15.1. The maximum absolute atomic E-state index is 13.6. The molecule has 0 saturated carbocycles. The summed E-state index contributed by atoms with van der Waals surface area (Å²) in [6.07, 6.45) is 5.36. The summed E-state index contributed by atoms with van der Waals surface area (Å²) in [5.74, 6) is -0.109. The van der Waals surface area contributed by atoms with Gasteiger partial charge in [0.15, 0.2) is 0 Å². The van der Waals surface area contributed by atoms with Crippen molar-refractivity contribution in [1.29, 1.82) is 0 Å². The van der Waals surface area contributed by atoms with Crippen LogP contribution in [-0.4, -0.2) is 80.9 Å². The molecule has 230 valence electrons. The molecule has 3 N–H and O–H groups in total. The molecule has 1 saturated heterocycles. The standard InChI is InChI=1S/C33H43N5O5/c1-3-38(26-10-6-9-25(2)23-26)30(40)24-37-20-15-33(16-21-37)14-7-13-29(39)34-19-22-43-28-12-5-4-11-27(28)31(41)35-17-8-18-36-32(33)42/h4-7,9-13,23H,3,8,14-22,24H2,1-2H3,(H,34,39)(H,35,41)(H,36,42)/b13-7+. The molecule has 0 bridgehead atoms. The fourth-order valence-corrected chi connectivity index (χ4v) is 5.58. The number of para-hydroxylation sites is 1. The summed E-state index contributed by atoms with van der Waals surface area (Å²) in [6, 6.07) is 14.9. The number of carbonyl (C=O) groups is 4. The Balaban J connectivity index is 1.39. The fraction of sp³-hybridized carbons (Fsp3) is 0.455. The average molecular weight is 590 g/mol. The van der Waals surface area contributed by atoms with E-state index in [4.69, 9.17) is 4.74 Å². The Labute approximate surface area is 253 Å². The van der Waals surface area contributed by atoms with Gasteiger partial charge in [0, 0.05) is 25.3 Å². The highest BCUT2D eigenvalue weighted by Gasteiger charge is 2.40. The van der Waals surface area contributed by atoms with E-state index >= 15 is 0 Å². The lowest BCUT2D eigenvalue weighted by atomic mass is 9.74. The van der Waals surface area contributed by atoms with Gasteiger partial charge in [0.05, 0.1) is 24.1 Å². The van der Waals surface area contributed by atoms with Crippen LogP contribution in [0.4, 0.5) is 5.69 Å². The summed E-state index contributed by atoms with van der Waals surface area (Å²) in [4.78, 5) is 55.9. The maximum Gasteiger partial charge on any atom is 0.255 e. The highest BCUT2D eigenvalue weighted by molar-refractivity contribution is 5.97. The second-order valence-electron chi connectivity index (χ2n) is 11.1. The Morgan fingerprint density at radius 3 is 2.51 bits per heavy atom. The number of benzene rings is 2. The zero-order chi connectivity index (χ0) is 30.7. The first-order valence-corrected chi connectivity index (χ1v) is 15.1. The molecule has 1 spiro atoms. The number of rotatable bonds is 4. The zero-order valence-corrected chi connectivity index (χ0v) is 25.2. The normalized spacial score (nSPS) is 19.4. The van der Waals surface area contributed by atoms with Crippen LogP contribution in [0.5, 0.6) is 5.75 Å².